The summed E-state index contributed by atoms with van der Waals surface area (Å²) in [4.78, 5) is 32.8. The van der Waals surface area contributed by atoms with Crippen LogP contribution in [0.25, 0.3) is 6.08 Å². The summed E-state index contributed by atoms with van der Waals surface area (Å²) in [7, 11) is 0. The molecule has 0 saturated carbocycles. The summed E-state index contributed by atoms with van der Waals surface area (Å²) < 4.78 is 5.96. The number of amides is 1. The molecule has 1 aliphatic heterocycles. The summed E-state index contributed by atoms with van der Waals surface area (Å²) in [6.45, 7) is 0. The number of thiocarbonyl (C=S) groups is 1. The number of nitrogens with one attached hydrogen (secondary N) is 1. The Balaban J connectivity index is 1.99. The molecule has 1 N–H and O–H groups in total. The predicted octanol–water partition coefficient (Wildman–Crippen LogP) is 3.78. The Bertz CT molecular complexity index is 1020. The van der Waals surface area contributed by atoms with E-state index in [1.807, 2.05) is 0 Å². The zero-order valence-electron chi connectivity index (χ0n) is 13.3. The molecule has 0 radical (unpaired) electrons. The largest absolute Gasteiger partial charge is 0.449 e. The number of nitro benzene ring substituents is 2. The summed E-state index contributed by atoms with van der Waals surface area (Å²) in [6.07, 6.45) is 1.55. The van der Waals surface area contributed by atoms with Gasteiger partial charge in [0.25, 0.3) is 11.6 Å². The highest BCUT2D eigenvalue weighted by atomic mass is 32.2. The van der Waals surface area contributed by atoms with E-state index in [-0.39, 0.29) is 17.4 Å². The van der Waals surface area contributed by atoms with Crippen molar-refractivity contribution >= 4 is 51.7 Å². The molecule has 0 bridgehead atoms. The predicted molar refractivity (Wildman–Crippen MR) is 103 cm³/mol. The van der Waals surface area contributed by atoms with E-state index >= 15 is 0 Å². The standard InChI is InChI=1S/C16H9N3O6S2/c20-15-14(27-16(26)17-15)7-9-3-1-2-4-12(9)25-13-6-5-10(18(21)22)8-11(13)19(23)24/h1-8H,(H,17,20,26)/b14-7+. The number of carbonyl (C=O) groups excluding carboxylic acids is 1. The molecule has 1 amide bonds. The van der Waals surface area contributed by atoms with Crippen molar-refractivity contribution in [3.8, 4) is 11.5 Å². The maximum Gasteiger partial charge on any atom is 0.318 e. The molecular weight excluding hydrogens is 394 g/mol. The van der Waals surface area contributed by atoms with Crippen molar-refractivity contribution in [3.05, 3.63) is 73.2 Å². The first-order valence-corrected chi connectivity index (χ1v) is 8.52. The number of rotatable bonds is 5. The molecule has 1 heterocycles. The maximum atomic E-state index is 11.8. The van der Waals surface area contributed by atoms with Gasteiger partial charge in [-0.3, -0.25) is 25.0 Å². The number of nitrogens with zero attached hydrogens (tertiary/aromatic N) is 2. The van der Waals surface area contributed by atoms with Crippen molar-refractivity contribution in [2.45, 2.75) is 0 Å². The minimum absolute atomic E-state index is 0.157. The lowest BCUT2D eigenvalue weighted by Crippen LogP contribution is -2.17. The summed E-state index contributed by atoms with van der Waals surface area (Å²) in [5.41, 5.74) is -0.467. The number of hydrogen-bond donors (Lipinski definition) is 1. The van der Waals surface area contributed by atoms with Crippen LogP contribution in [0.1, 0.15) is 5.56 Å². The molecule has 0 atom stereocenters. The molecule has 0 unspecified atom stereocenters. The third-order valence-electron chi connectivity index (χ3n) is 3.42. The van der Waals surface area contributed by atoms with Crippen molar-refractivity contribution in [1.29, 1.82) is 0 Å². The summed E-state index contributed by atoms with van der Waals surface area (Å²) in [5.74, 6) is -0.259. The first-order valence-electron chi connectivity index (χ1n) is 7.29. The molecular formula is C16H9N3O6S2. The minimum Gasteiger partial charge on any atom is -0.449 e. The van der Waals surface area contributed by atoms with E-state index in [9.17, 15) is 25.0 Å². The monoisotopic (exact) mass is 403 g/mol. The van der Waals surface area contributed by atoms with Gasteiger partial charge in [0.1, 0.15) is 10.1 Å². The highest BCUT2D eigenvalue weighted by Gasteiger charge is 2.24. The lowest BCUT2D eigenvalue weighted by atomic mass is 10.2. The highest BCUT2D eigenvalue weighted by molar-refractivity contribution is 8.26. The van der Waals surface area contributed by atoms with E-state index in [0.717, 1.165) is 30.0 Å². The smallest absolute Gasteiger partial charge is 0.318 e. The molecule has 3 rings (SSSR count). The zero-order valence-corrected chi connectivity index (χ0v) is 14.9. The SMILES string of the molecule is O=C1NC(=S)S/C1=C/c1ccccc1Oc1ccc([N+](=O)[O-])cc1[N+](=O)[O-]. The van der Waals surface area contributed by atoms with E-state index in [1.54, 1.807) is 30.3 Å². The van der Waals surface area contributed by atoms with E-state index < -0.39 is 21.2 Å². The fourth-order valence-corrected chi connectivity index (χ4v) is 3.26. The summed E-state index contributed by atoms with van der Waals surface area (Å²) >= 11 is 6.02. The fraction of sp³-hybridized carbons (Fsp3) is 0. The number of thioether (sulfide) groups is 1. The van der Waals surface area contributed by atoms with Crippen molar-refractivity contribution in [2.24, 2.45) is 0 Å². The van der Waals surface area contributed by atoms with Gasteiger partial charge in [0, 0.05) is 11.6 Å². The quantitative estimate of drug-likeness (QED) is 0.346. The summed E-state index contributed by atoms with van der Waals surface area (Å²) in [5, 5.41) is 24.6. The van der Waals surface area contributed by atoms with Gasteiger partial charge >= 0.3 is 5.69 Å². The van der Waals surface area contributed by atoms with Gasteiger partial charge in [0.2, 0.25) is 5.75 Å². The number of benzene rings is 2. The molecule has 27 heavy (non-hydrogen) atoms. The molecule has 136 valence electrons. The van der Waals surface area contributed by atoms with Gasteiger partial charge in [0.15, 0.2) is 0 Å². The van der Waals surface area contributed by atoms with Gasteiger partial charge in [-0.15, -0.1) is 0 Å². The Morgan fingerprint density at radius 3 is 2.44 bits per heavy atom. The van der Waals surface area contributed by atoms with Gasteiger partial charge in [-0.05, 0) is 18.2 Å². The van der Waals surface area contributed by atoms with Gasteiger partial charge in [-0.2, -0.15) is 0 Å². The Hall–Kier alpha value is -3.31. The molecule has 2 aromatic rings. The highest BCUT2D eigenvalue weighted by Crippen LogP contribution is 2.37. The van der Waals surface area contributed by atoms with Crippen molar-refractivity contribution in [2.75, 3.05) is 0 Å². The Kier molecular flexibility index (Phi) is 5.14. The molecule has 1 aliphatic rings. The van der Waals surface area contributed by atoms with Gasteiger partial charge in [0.05, 0.1) is 20.8 Å². The number of carbonyl (C=O) groups is 1. The van der Waals surface area contributed by atoms with E-state index in [4.69, 9.17) is 17.0 Å². The number of hydrogen-bond acceptors (Lipinski definition) is 8. The molecule has 1 fully saturated rings. The molecule has 11 heteroatoms. The average molecular weight is 403 g/mol. The molecule has 0 aromatic heterocycles. The average Bonchev–Trinajstić information content (AvgIpc) is 2.93. The second-order valence-electron chi connectivity index (χ2n) is 5.16. The third kappa shape index (κ3) is 4.10. The van der Waals surface area contributed by atoms with Crippen molar-refractivity contribution in [1.82, 2.24) is 5.32 Å². The lowest BCUT2D eigenvalue weighted by molar-refractivity contribution is -0.394. The van der Waals surface area contributed by atoms with Crippen LogP contribution in [0, 0.1) is 20.2 Å². The van der Waals surface area contributed by atoms with Crippen LogP contribution in [0.2, 0.25) is 0 Å². The topological polar surface area (TPSA) is 125 Å². The van der Waals surface area contributed by atoms with E-state index in [0.29, 0.717) is 14.8 Å². The van der Waals surface area contributed by atoms with Crippen LogP contribution in [-0.2, 0) is 4.79 Å². The van der Waals surface area contributed by atoms with Gasteiger partial charge in [-0.1, -0.05) is 42.2 Å². The molecule has 2 aromatic carbocycles. The maximum absolute atomic E-state index is 11.8. The third-order valence-corrected chi connectivity index (χ3v) is 4.58. The Morgan fingerprint density at radius 2 is 1.81 bits per heavy atom. The first kappa shape index (κ1) is 18.5. The van der Waals surface area contributed by atoms with E-state index in [2.05, 4.69) is 5.32 Å². The van der Waals surface area contributed by atoms with E-state index in [1.165, 1.54) is 0 Å². The molecule has 0 aliphatic carbocycles. The lowest BCUT2D eigenvalue weighted by Gasteiger charge is -2.09. The first-order chi connectivity index (χ1) is 12.8. The second-order valence-corrected chi connectivity index (χ2v) is 6.88. The fourth-order valence-electron chi connectivity index (χ4n) is 2.22. The van der Waals surface area contributed by atoms with Crippen molar-refractivity contribution < 1.29 is 19.4 Å². The molecule has 1 saturated heterocycles. The number of nitro groups is 2. The Labute approximate surface area is 161 Å². The van der Waals surface area contributed by atoms with Crippen LogP contribution in [-0.4, -0.2) is 20.1 Å². The normalized spacial score (nSPS) is 14.9. The Morgan fingerprint density at radius 1 is 1.07 bits per heavy atom. The number of non-ortho nitro benzene ring substituents is 1. The van der Waals surface area contributed by atoms with Gasteiger partial charge < -0.3 is 10.1 Å². The van der Waals surface area contributed by atoms with Gasteiger partial charge in [-0.25, -0.2) is 0 Å². The van der Waals surface area contributed by atoms with Crippen LogP contribution in [0.3, 0.4) is 0 Å². The second kappa shape index (κ2) is 7.51. The number of ether oxygens (including phenoxy) is 1. The van der Waals surface area contributed by atoms with Crippen LogP contribution in [0.5, 0.6) is 11.5 Å². The van der Waals surface area contributed by atoms with Crippen LogP contribution >= 0.6 is 24.0 Å². The minimum atomic E-state index is -0.762. The number of para-hydroxylation sites is 1. The molecule has 9 nitrogen and oxygen atoms in total. The van der Waals surface area contributed by atoms with Crippen LogP contribution in [0.15, 0.2) is 47.4 Å². The molecule has 0 spiro atoms. The van der Waals surface area contributed by atoms with Crippen LogP contribution in [0.4, 0.5) is 11.4 Å². The van der Waals surface area contributed by atoms with Crippen molar-refractivity contribution in [3.63, 3.8) is 0 Å². The summed E-state index contributed by atoms with van der Waals surface area (Å²) in [6, 6.07) is 9.69. The zero-order chi connectivity index (χ0) is 19.6. The van der Waals surface area contributed by atoms with Crippen LogP contribution < -0.4 is 10.1 Å².